The lowest BCUT2D eigenvalue weighted by atomic mass is 9.73. The summed E-state index contributed by atoms with van der Waals surface area (Å²) in [6, 6.07) is 0. The summed E-state index contributed by atoms with van der Waals surface area (Å²) in [7, 11) is 0. The fourth-order valence-electron chi connectivity index (χ4n) is 18.2. The number of aliphatic hydroxyl groups is 4. The molecule has 6 rings (SSSR count). The molecule has 10 N–H and O–H groups in total. The Labute approximate surface area is 631 Å². The average molecular weight is 1470 g/mol. The fourth-order valence-corrected chi connectivity index (χ4v) is 18.2. The monoisotopic (exact) mass is 1470 g/mol. The van der Waals surface area contributed by atoms with Gasteiger partial charge in [-0.1, -0.05) is 64.2 Å². The predicted octanol–water partition coefficient (Wildman–Crippen LogP) is 15.4. The molecule has 0 amide bonds. The Morgan fingerprint density at radius 2 is 0.413 bits per heavy atom. The van der Waals surface area contributed by atoms with Crippen LogP contribution in [0.1, 0.15) is 320 Å². The lowest BCUT2D eigenvalue weighted by Gasteiger charge is -2.54. The SMILES string of the molecule is CC(C)(O)CON1C(C)(C)CC(CCCCNc2nc(NCCCCCCNc3nc(NCCCCC4CC(C)(C)N(OCC(C)(C)O)C(C)(C)C4)nc(NCCCCC4CC(C)(C)N(OCC(C)(C)O)C(C)(C)C4)n3)nc(NCCCCC3CC(C)(C)N(OCC(C)(C)O)C(C)(C)C3)n2)CC1(C)C. The van der Waals surface area contributed by atoms with Gasteiger partial charge in [0.05, 0.1) is 48.8 Å². The molecule has 2 aromatic rings. The lowest BCUT2D eigenvalue weighted by molar-refractivity contribution is -0.302. The van der Waals surface area contributed by atoms with E-state index in [1.165, 1.54) is 0 Å². The minimum absolute atomic E-state index is 0.155. The molecule has 24 nitrogen and oxygen atoms in total. The molecule has 2 aromatic heterocycles. The molecule has 4 fully saturated rings. The molecule has 4 aliphatic rings. The van der Waals surface area contributed by atoms with Crippen LogP contribution in [0.3, 0.4) is 0 Å². The van der Waals surface area contributed by atoms with Crippen LogP contribution in [0, 0.1) is 23.7 Å². The number of aromatic nitrogens is 6. The molecule has 0 radical (unpaired) electrons. The highest BCUT2D eigenvalue weighted by Gasteiger charge is 2.51. The number of nitrogens with one attached hydrogen (secondary N) is 6. The van der Waals surface area contributed by atoms with Crippen molar-refractivity contribution in [2.75, 3.05) is 97.6 Å². The Balaban J connectivity index is 1.01. The van der Waals surface area contributed by atoms with Gasteiger partial charge in [-0.3, -0.25) is 19.4 Å². The van der Waals surface area contributed by atoms with E-state index in [4.69, 9.17) is 49.3 Å². The van der Waals surface area contributed by atoms with E-state index in [0.717, 1.165) is 193 Å². The van der Waals surface area contributed by atoms with Crippen LogP contribution in [0.2, 0.25) is 0 Å². The summed E-state index contributed by atoms with van der Waals surface area (Å²) in [6.45, 7) is 56.1. The molecule has 4 saturated heterocycles. The lowest BCUT2D eigenvalue weighted by Crippen LogP contribution is -2.61. The van der Waals surface area contributed by atoms with Gasteiger partial charge in [0.2, 0.25) is 35.7 Å². The Hall–Kier alpha value is -3.66. The van der Waals surface area contributed by atoms with Crippen LogP contribution >= 0.6 is 0 Å². The molecule has 0 aliphatic carbocycles. The quantitative estimate of drug-likeness (QED) is 0.0276. The van der Waals surface area contributed by atoms with Crippen molar-refractivity contribution in [1.82, 2.24) is 50.2 Å². The second kappa shape index (κ2) is 37.4. The summed E-state index contributed by atoms with van der Waals surface area (Å²) >= 11 is 0. The Bertz CT molecular complexity index is 2430. The van der Waals surface area contributed by atoms with Gasteiger partial charge < -0.3 is 52.3 Å². The third-order valence-electron chi connectivity index (χ3n) is 21.1. The van der Waals surface area contributed by atoms with E-state index in [0.29, 0.717) is 59.4 Å². The smallest absolute Gasteiger partial charge is 0.229 e. The van der Waals surface area contributed by atoms with E-state index in [1.807, 2.05) is 0 Å². The first-order valence-corrected chi connectivity index (χ1v) is 40.5. The molecule has 0 saturated carbocycles. The number of hydrogen-bond donors (Lipinski definition) is 10. The second-order valence-electron chi connectivity index (χ2n) is 39.7. The van der Waals surface area contributed by atoms with Crippen LogP contribution in [0.25, 0.3) is 0 Å². The maximum absolute atomic E-state index is 10.4. The maximum atomic E-state index is 10.4. The zero-order valence-electron chi connectivity index (χ0n) is 70.2. The van der Waals surface area contributed by atoms with Crippen LogP contribution in [-0.2, 0) is 19.4 Å². The predicted molar refractivity (Wildman–Crippen MR) is 424 cm³/mol. The van der Waals surface area contributed by atoms with Crippen LogP contribution in [-0.4, -0.2) is 203 Å². The molecule has 0 unspecified atom stereocenters. The van der Waals surface area contributed by atoms with Crippen molar-refractivity contribution in [1.29, 1.82) is 0 Å². The minimum Gasteiger partial charge on any atom is -0.388 e. The van der Waals surface area contributed by atoms with Crippen molar-refractivity contribution in [2.24, 2.45) is 23.7 Å². The normalized spacial score (nSPS) is 21.5. The second-order valence-corrected chi connectivity index (χ2v) is 39.7. The van der Waals surface area contributed by atoms with E-state index in [1.54, 1.807) is 55.4 Å². The number of anilines is 6. The zero-order valence-corrected chi connectivity index (χ0v) is 70.2. The number of hydroxylamine groups is 8. The zero-order chi connectivity index (χ0) is 77.4. The standard InChI is InChI=1S/C80H154N16O8/c1-69(2)47-59(48-70(3,4)93(69)101-55-77(17,18)97)37-27-33-43-83-65-87-63(88-66(91-65)84-44-34-28-38-60-49-71(5,6)94(72(7,8)50-60)102-56-78(19,20)98)81-41-31-25-26-32-42-82-64-89-67(85-45-35-29-39-61-51-73(9,10)95(74(11,12)52-61)103-57-79(21,22)99)92-68(90-64)86-46-36-30-40-62-53-75(13,14)96(76(15,16)54-62)104-58-80(23,24)100/h59-62,97-100H,25-58H2,1-24H3,(H3,81,83,84,87,88,91)(H3,82,85,86,89,90,92). The third-order valence-corrected chi connectivity index (χ3v) is 21.1. The van der Waals surface area contributed by atoms with E-state index in [2.05, 4.69) is 163 Å². The highest BCUT2D eigenvalue weighted by molar-refractivity contribution is 5.43. The molecule has 0 atom stereocenters. The summed E-state index contributed by atoms with van der Waals surface area (Å²) in [6.07, 6.45) is 25.1. The molecule has 6 heterocycles. The van der Waals surface area contributed by atoms with Crippen molar-refractivity contribution in [3.05, 3.63) is 0 Å². The molecule has 0 bridgehead atoms. The molecule has 0 spiro atoms. The topological polar surface area (TPSA) is 280 Å². The highest BCUT2D eigenvalue weighted by atomic mass is 16.7. The van der Waals surface area contributed by atoms with E-state index in [9.17, 15) is 20.4 Å². The Morgan fingerprint density at radius 1 is 0.269 bits per heavy atom. The molecule has 4 aliphatic heterocycles. The Morgan fingerprint density at radius 3 is 0.558 bits per heavy atom. The van der Waals surface area contributed by atoms with Crippen LogP contribution in [0.15, 0.2) is 0 Å². The first-order valence-electron chi connectivity index (χ1n) is 40.5. The largest absolute Gasteiger partial charge is 0.388 e. The van der Waals surface area contributed by atoms with Gasteiger partial charge >= 0.3 is 0 Å². The van der Waals surface area contributed by atoms with Crippen LogP contribution in [0.5, 0.6) is 0 Å². The van der Waals surface area contributed by atoms with Gasteiger partial charge in [-0.2, -0.15) is 50.2 Å². The summed E-state index contributed by atoms with van der Waals surface area (Å²) in [5.74, 6) is 5.72. The number of rotatable bonds is 45. The summed E-state index contributed by atoms with van der Waals surface area (Å²) < 4.78 is 0. The van der Waals surface area contributed by atoms with Crippen molar-refractivity contribution < 1.29 is 39.8 Å². The summed E-state index contributed by atoms with van der Waals surface area (Å²) in [4.78, 5) is 54.5. The van der Waals surface area contributed by atoms with E-state index in [-0.39, 0.29) is 70.7 Å². The summed E-state index contributed by atoms with van der Waals surface area (Å²) in [5, 5.41) is 71.7. The molecule has 104 heavy (non-hydrogen) atoms. The summed E-state index contributed by atoms with van der Waals surface area (Å²) in [5.41, 5.74) is -4.82. The minimum atomic E-state index is -0.896. The van der Waals surface area contributed by atoms with Crippen molar-refractivity contribution >= 4 is 35.7 Å². The molecule has 24 heteroatoms. The van der Waals surface area contributed by atoms with Crippen LogP contribution in [0.4, 0.5) is 35.7 Å². The van der Waals surface area contributed by atoms with Crippen molar-refractivity contribution in [3.63, 3.8) is 0 Å². The van der Waals surface area contributed by atoms with Crippen LogP contribution < -0.4 is 31.9 Å². The van der Waals surface area contributed by atoms with Gasteiger partial charge in [-0.15, -0.1) is 0 Å². The van der Waals surface area contributed by atoms with Crippen molar-refractivity contribution in [2.45, 2.75) is 387 Å². The average Bonchev–Trinajstić information content (AvgIpc) is 0.791. The molecule has 602 valence electrons. The first kappa shape index (κ1) is 89.2. The number of hydrogen-bond acceptors (Lipinski definition) is 24. The molecular formula is C80H154N16O8. The maximum Gasteiger partial charge on any atom is 0.229 e. The van der Waals surface area contributed by atoms with Gasteiger partial charge in [0, 0.05) is 83.6 Å². The number of piperidine rings is 4. The molecular weight excluding hydrogens is 1310 g/mol. The van der Waals surface area contributed by atoms with Gasteiger partial charge in [0.1, 0.15) is 0 Å². The van der Waals surface area contributed by atoms with E-state index >= 15 is 0 Å². The number of nitrogens with zero attached hydrogens (tertiary/aromatic N) is 10. The highest BCUT2D eigenvalue weighted by Crippen LogP contribution is 2.48. The van der Waals surface area contributed by atoms with Gasteiger partial charge in [-0.25, -0.2) is 0 Å². The van der Waals surface area contributed by atoms with Gasteiger partial charge in [0.15, 0.2) is 0 Å². The number of unbranched alkanes of at least 4 members (excludes halogenated alkanes) is 7. The van der Waals surface area contributed by atoms with E-state index < -0.39 is 22.4 Å². The third kappa shape index (κ3) is 30.3. The molecule has 0 aromatic carbocycles. The fraction of sp³-hybridized carbons (Fsp3) is 0.925. The van der Waals surface area contributed by atoms with Crippen molar-refractivity contribution in [3.8, 4) is 0 Å². The first-order chi connectivity index (χ1) is 47.9. The Kier molecular flexibility index (Phi) is 32.1. The van der Waals surface area contributed by atoms with Gasteiger partial charge in [-0.05, 0) is 280 Å². The van der Waals surface area contributed by atoms with Gasteiger partial charge in [0.25, 0.3) is 0 Å².